The van der Waals surface area contributed by atoms with Crippen molar-refractivity contribution >= 4 is 23.0 Å². The molecular formula is C12H10ClN3. The van der Waals surface area contributed by atoms with E-state index < -0.39 is 0 Å². The van der Waals surface area contributed by atoms with E-state index in [1.54, 1.807) is 12.1 Å². The number of nitrogens with one attached hydrogen (secondary N) is 1. The van der Waals surface area contributed by atoms with Crippen molar-refractivity contribution in [3.05, 3.63) is 59.6 Å². The normalized spacial score (nSPS) is 10.6. The van der Waals surface area contributed by atoms with Crippen molar-refractivity contribution in [2.45, 2.75) is 0 Å². The predicted octanol–water partition coefficient (Wildman–Crippen LogP) is 4.45. The van der Waals surface area contributed by atoms with Crippen molar-refractivity contribution < 1.29 is 0 Å². The lowest BCUT2D eigenvalue weighted by atomic mass is 10.3. The molecule has 0 bridgehead atoms. The summed E-state index contributed by atoms with van der Waals surface area (Å²) in [4.78, 5) is 0. The molecule has 0 aromatic heterocycles. The minimum absolute atomic E-state index is 0.584. The van der Waals surface area contributed by atoms with Crippen molar-refractivity contribution in [2.24, 2.45) is 10.3 Å². The van der Waals surface area contributed by atoms with Gasteiger partial charge in [0.05, 0.1) is 10.7 Å². The van der Waals surface area contributed by atoms with Gasteiger partial charge in [-0.1, -0.05) is 47.2 Å². The Morgan fingerprint density at radius 1 is 0.875 bits per heavy atom. The summed E-state index contributed by atoms with van der Waals surface area (Å²) in [6.07, 6.45) is 0. The molecular weight excluding hydrogens is 222 g/mol. The van der Waals surface area contributed by atoms with E-state index in [0.717, 1.165) is 5.69 Å². The standard InChI is InChI=1S/C12H10ClN3/c13-11-8-4-5-9-12(11)15-16-14-10-6-2-1-3-7-10/h1-9H,(H,14,15). The summed E-state index contributed by atoms with van der Waals surface area (Å²) in [6, 6.07) is 16.9. The SMILES string of the molecule is Clc1ccccc1N=NNc1ccccc1. The van der Waals surface area contributed by atoms with Crippen LogP contribution in [0.1, 0.15) is 0 Å². The molecule has 0 aliphatic heterocycles. The molecule has 4 heteroatoms. The number of nitrogens with zero attached hydrogens (tertiary/aromatic N) is 2. The molecule has 0 saturated carbocycles. The maximum absolute atomic E-state index is 5.92. The van der Waals surface area contributed by atoms with E-state index in [9.17, 15) is 0 Å². The van der Waals surface area contributed by atoms with E-state index in [4.69, 9.17) is 11.6 Å². The van der Waals surface area contributed by atoms with Gasteiger partial charge in [0.15, 0.2) is 0 Å². The summed E-state index contributed by atoms with van der Waals surface area (Å²) < 4.78 is 0. The first kappa shape index (κ1) is 10.6. The zero-order valence-corrected chi connectivity index (χ0v) is 9.22. The molecule has 0 radical (unpaired) electrons. The lowest BCUT2D eigenvalue weighted by Crippen LogP contribution is -1.84. The largest absolute Gasteiger partial charge is 0.260 e. The number of hydrogen-bond acceptors (Lipinski definition) is 2. The highest BCUT2D eigenvalue weighted by Crippen LogP contribution is 2.23. The van der Waals surface area contributed by atoms with E-state index in [-0.39, 0.29) is 0 Å². The topological polar surface area (TPSA) is 36.8 Å². The van der Waals surface area contributed by atoms with Crippen LogP contribution in [-0.2, 0) is 0 Å². The average Bonchev–Trinajstić information content (AvgIpc) is 2.33. The van der Waals surface area contributed by atoms with Crippen molar-refractivity contribution in [1.29, 1.82) is 0 Å². The zero-order chi connectivity index (χ0) is 11.2. The molecule has 0 atom stereocenters. The van der Waals surface area contributed by atoms with Crippen molar-refractivity contribution in [2.75, 3.05) is 5.43 Å². The third-order valence-corrected chi connectivity index (χ3v) is 2.28. The first-order valence-electron chi connectivity index (χ1n) is 4.82. The van der Waals surface area contributed by atoms with Gasteiger partial charge in [0.2, 0.25) is 0 Å². The summed E-state index contributed by atoms with van der Waals surface area (Å²) in [5.41, 5.74) is 4.35. The molecule has 0 fully saturated rings. The molecule has 0 saturated heterocycles. The van der Waals surface area contributed by atoms with Crippen LogP contribution in [0.4, 0.5) is 11.4 Å². The summed E-state index contributed by atoms with van der Waals surface area (Å²) in [6.45, 7) is 0. The highest BCUT2D eigenvalue weighted by Gasteiger charge is 1.94. The first-order valence-corrected chi connectivity index (χ1v) is 5.20. The second-order valence-electron chi connectivity index (χ2n) is 3.13. The van der Waals surface area contributed by atoms with Crippen molar-refractivity contribution in [1.82, 2.24) is 0 Å². The van der Waals surface area contributed by atoms with E-state index >= 15 is 0 Å². The molecule has 16 heavy (non-hydrogen) atoms. The van der Waals surface area contributed by atoms with Gasteiger partial charge in [0.25, 0.3) is 0 Å². The molecule has 2 aromatic carbocycles. The fourth-order valence-electron chi connectivity index (χ4n) is 1.18. The van der Waals surface area contributed by atoms with Crippen LogP contribution in [0, 0.1) is 0 Å². The van der Waals surface area contributed by atoms with Gasteiger partial charge in [-0.15, -0.1) is 5.11 Å². The van der Waals surface area contributed by atoms with Gasteiger partial charge in [-0.25, -0.2) is 0 Å². The molecule has 2 rings (SSSR count). The van der Waals surface area contributed by atoms with Gasteiger partial charge in [0, 0.05) is 0 Å². The predicted molar refractivity (Wildman–Crippen MR) is 66.0 cm³/mol. The van der Waals surface area contributed by atoms with Crippen LogP contribution in [0.5, 0.6) is 0 Å². The third kappa shape index (κ3) is 2.81. The van der Waals surface area contributed by atoms with Crippen LogP contribution < -0.4 is 5.43 Å². The minimum Gasteiger partial charge on any atom is -0.260 e. The molecule has 80 valence electrons. The Hall–Kier alpha value is -1.87. The Bertz CT molecular complexity index is 483. The van der Waals surface area contributed by atoms with Crippen molar-refractivity contribution in [3.8, 4) is 0 Å². The summed E-state index contributed by atoms with van der Waals surface area (Å²) in [5.74, 6) is 0. The number of para-hydroxylation sites is 1. The molecule has 0 aliphatic rings. The molecule has 0 aliphatic carbocycles. The van der Waals surface area contributed by atoms with Crippen LogP contribution in [0.25, 0.3) is 0 Å². The van der Waals surface area contributed by atoms with Crippen LogP contribution in [0.3, 0.4) is 0 Å². The number of rotatable bonds is 3. The molecule has 2 aromatic rings. The van der Waals surface area contributed by atoms with Gasteiger partial charge in [-0.3, -0.25) is 5.43 Å². The fourth-order valence-corrected chi connectivity index (χ4v) is 1.36. The Morgan fingerprint density at radius 3 is 2.31 bits per heavy atom. The molecule has 0 unspecified atom stereocenters. The average molecular weight is 232 g/mol. The molecule has 0 amide bonds. The van der Waals surface area contributed by atoms with E-state index in [0.29, 0.717) is 10.7 Å². The number of benzene rings is 2. The first-order chi connectivity index (χ1) is 7.86. The van der Waals surface area contributed by atoms with Crippen molar-refractivity contribution in [3.63, 3.8) is 0 Å². The quantitative estimate of drug-likeness (QED) is 0.615. The Morgan fingerprint density at radius 2 is 1.56 bits per heavy atom. The van der Waals surface area contributed by atoms with Gasteiger partial charge < -0.3 is 0 Å². The van der Waals surface area contributed by atoms with E-state index in [1.165, 1.54) is 0 Å². The van der Waals surface area contributed by atoms with Gasteiger partial charge in [-0.2, -0.15) is 0 Å². The van der Waals surface area contributed by atoms with Crippen LogP contribution in [-0.4, -0.2) is 0 Å². The van der Waals surface area contributed by atoms with Crippen LogP contribution in [0.15, 0.2) is 64.9 Å². The Labute approximate surface area is 98.8 Å². The Balaban J connectivity index is 2.03. The monoisotopic (exact) mass is 231 g/mol. The number of hydrogen-bond donors (Lipinski definition) is 1. The highest BCUT2D eigenvalue weighted by atomic mass is 35.5. The zero-order valence-electron chi connectivity index (χ0n) is 8.47. The van der Waals surface area contributed by atoms with Gasteiger partial charge in [-0.05, 0) is 24.3 Å². The van der Waals surface area contributed by atoms with Gasteiger partial charge in [0.1, 0.15) is 5.69 Å². The van der Waals surface area contributed by atoms with Gasteiger partial charge >= 0.3 is 0 Å². The van der Waals surface area contributed by atoms with E-state index in [1.807, 2.05) is 42.5 Å². The van der Waals surface area contributed by atoms with Crippen LogP contribution >= 0.6 is 11.6 Å². The second-order valence-corrected chi connectivity index (χ2v) is 3.54. The minimum atomic E-state index is 0.584. The molecule has 0 spiro atoms. The van der Waals surface area contributed by atoms with Crippen LogP contribution in [0.2, 0.25) is 5.02 Å². The number of halogens is 1. The van der Waals surface area contributed by atoms with E-state index in [2.05, 4.69) is 15.8 Å². The smallest absolute Gasteiger partial charge is 0.106 e. The molecule has 3 nitrogen and oxygen atoms in total. The summed E-state index contributed by atoms with van der Waals surface area (Å²) >= 11 is 5.92. The summed E-state index contributed by atoms with van der Waals surface area (Å²) in [5, 5.41) is 8.43. The summed E-state index contributed by atoms with van der Waals surface area (Å²) in [7, 11) is 0. The maximum atomic E-state index is 5.92. The Kier molecular flexibility index (Phi) is 3.51. The second kappa shape index (κ2) is 5.28. The lowest BCUT2D eigenvalue weighted by molar-refractivity contribution is 1.13. The molecule has 1 N–H and O–H groups in total. The molecule has 0 heterocycles. The highest BCUT2D eigenvalue weighted by molar-refractivity contribution is 6.32. The third-order valence-electron chi connectivity index (χ3n) is 1.96. The lowest BCUT2D eigenvalue weighted by Gasteiger charge is -1.98. The fraction of sp³-hybridized carbons (Fsp3) is 0. The number of anilines is 1. The maximum Gasteiger partial charge on any atom is 0.106 e.